The van der Waals surface area contributed by atoms with Gasteiger partial charge in [-0.05, 0) is 37.8 Å². The molecule has 1 unspecified atom stereocenters. The van der Waals surface area contributed by atoms with E-state index in [1.165, 1.54) is 6.92 Å². The van der Waals surface area contributed by atoms with E-state index in [2.05, 4.69) is 16.0 Å². The summed E-state index contributed by atoms with van der Waals surface area (Å²) < 4.78 is 16.0. The van der Waals surface area contributed by atoms with Crippen molar-refractivity contribution in [3.8, 4) is 0 Å². The van der Waals surface area contributed by atoms with Crippen LogP contribution < -0.4 is 21.7 Å². The Labute approximate surface area is 256 Å². The van der Waals surface area contributed by atoms with Gasteiger partial charge in [0.05, 0.1) is 38.0 Å². The van der Waals surface area contributed by atoms with Gasteiger partial charge in [0.2, 0.25) is 17.7 Å². The maximum Gasteiger partial charge on any atom is 0.411 e. The number of nitrogens with two attached hydrogens (primary N) is 1. The van der Waals surface area contributed by atoms with E-state index in [1.807, 2.05) is 4.90 Å². The predicted octanol–water partition coefficient (Wildman–Crippen LogP) is 1.02. The van der Waals surface area contributed by atoms with E-state index in [1.54, 1.807) is 25.1 Å². The number of fused-ring (bicyclic) bond motifs is 1. The molecule has 3 aliphatic heterocycles. The minimum Gasteiger partial charge on any atom is -0.444 e. The summed E-state index contributed by atoms with van der Waals surface area (Å²) in [6, 6.07) is 4.20. The van der Waals surface area contributed by atoms with Gasteiger partial charge in [0, 0.05) is 25.1 Å². The Balaban J connectivity index is 1.45. The van der Waals surface area contributed by atoms with E-state index in [0.717, 1.165) is 25.7 Å². The summed E-state index contributed by atoms with van der Waals surface area (Å²) in [6.45, 7) is 5.88. The van der Waals surface area contributed by atoms with Gasteiger partial charge >= 0.3 is 6.09 Å². The number of nitrogens with one attached hydrogen (secondary N) is 3. The monoisotopic (exact) mass is 613 g/mol. The van der Waals surface area contributed by atoms with Crippen molar-refractivity contribution in [3.63, 3.8) is 0 Å². The highest BCUT2D eigenvalue weighted by Crippen LogP contribution is 2.42. The predicted molar refractivity (Wildman–Crippen MR) is 158 cm³/mol. The number of primary amides is 1. The number of cyclic esters (lactones) is 1. The molecule has 0 aromatic heterocycles. The number of carbonyl (C=O) groups is 5. The van der Waals surface area contributed by atoms with Gasteiger partial charge in [0.1, 0.15) is 23.8 Å². The van der Waals surface area contributed by atoms with Gasteiger partial charge in [0.25, 0.3) is 0 Å². The van der Waals surface area contributed by atoms with Crippen molar-refractivity contribution in [1.29, 1.82) is 0 Å². The maximum atomic E-state index is 14.1. The van der Waals surface area contributed by atoms with E-state index in [9.17, 15) is 24.0 Å². The average Bonchev–Trinajstić information content (AvgIpc) is 3.53. The molecule has 3 fully saturated rings. The summed E-state index contributed by atoms with van der Waals surface area (Å²) in [5.74, 6) is -2.88. The Morgan fingerprint density at radius 1 is 1.18 bits per heavy atom. The van der Waals surface area contributed by atoms with Crippen molar-refractivity contribution >= 4 is 35.3 Å². The summed E-state index contributed by atoms with van der Waals surface area (Å²) >= 11 is 0. The zero-order valence-corrected chi connectivity index (χ0v) is 25.4. The second-order valence-corrected chi connectivity index (χ2v) is 12.7. The molecule has 0 radical (unpaired) electrons. The number of ketones is 1. The molecule has 4 atom stereocenters. The molecule has 2 saturated heterocycles. The van der Waals surface area contributed by atoms with Gasteiger partial charge in [-0.1, -0.05) is 37.8 Å². The second kappa shape index (κ2) is 13.2. The smallest absolute Gasteiger partial charge is 0.411 e. The topological polar surface area (TPSA) is 182 Å². The molecule has 5 N–H and O–H groups in total. The maximum absolute atomic E-state index is 14.1. The molecular weight excluding hydrogens is 570 g/mol. The Bertz CT molecular complexity index is 1290. The van der Waals surface area contributed by atoms with Crippen LogP contribution in [0.5, 0.6) is 0 Å². The minimum atomic E-state index is -1.82. The fraction of sp³-hybridized carbons (Fsp3) is 0.645. The number of hydrogen-bond donors (Lipinski definition) is 4. The molecule has 44 heavy (non-hydrogen) atoms. The van der Waals surface area contributed by atoms with E-state index in [4.69, 9.17) is 19.9 Å². The first-order valence-electron chi connectivity index (χ1n) is 15.4. The highest BCUT2D eigenvalue weighted by Gasteiger charge is 2.58. The number of epoxide rings is 1. The Morgan fingerprint density at radius 2 is 1.89 bits per heavy atom. The largest absolute Gasteiger partial charge is 0.444 e. The van der Waals surface area contributed by atoms with E-state index in [-0.39, 0.29) is 43.8 Å². The van der Waals surface area contributed by atoms with Crippen LogP contribution in [0.15, 0.2) is 18.2 Å². The summed E-state index contributed by atoms with van der Waals surface area (Å²) in [7, 11) is 0. The van der Waals surface area contributed by atoms with Crippen molar-refractivity contribution in [2.24, 2.45) is 17.6 Å². The van der Waals surface area contributed by atoms with Crippen LogP contribution in [0.1, 0.15) is 57.1 Å². The average molecular weight is 614 g/mol. The molecule has 0 bridgehead atoms. The number of carbonyl (C=O) groups excluding carboxylic acids is 5. The van der Waals surface area contributed by atoms with Crippen LogP contribution in [0, 0.1) is 11.8 Å². The number of morpholine rings is 1. The third kappa shape index (κ3) is 7.22. The lowest BCUT2D eigenvalue weighted by Gasteiger charge is -2.41. The van der Waals surface area contributed by atoms with Crippen LogP contribution in [0.3, 0.4) is 0 Å². The number of rotatable bonds is 13. The molecule has 4 amide bonds. The lowest BCUT2D eigenvalue weighted by molar-refractivity contribution is -0.142. The molecule has 1 aromatic carbocycles. The molecule has 13 heteroatoms. The van der Waals surface area contributed by atoms with Crippen molar-refractivity contribution in [2.75, 3.05) is 44.8 Å². The number of Topliss-reactive ketones (excluding diaryl/α,β-unsaturated/α-hetero) is 1. The van der Waals surface area contributed by atoms with Gasteiger partial charge in [-0.25, -0.2) is 4.79 Å². The second-order valence-electron chi connectivity index (χ2n) is 12.7. The van der Waals surface area contributed by atoms with Gasteiger partial charge in [-0.3, -0.25) is 29.4 Å². The van der Waals surface area contributed by atoms with Crippen LogP contribution in [0.25, 0.3) is 0 Å². The molecule has 1 aromatic rings. The molecule has 13 nitrogen and oxygen atoms in total. The van der Waals surface area contributed by atoms with Gasteiger partial charge in [-0.15, -0.1) is 0 Å². The first-order chi connectivity index (χ1) is 21.0. The molecule has 1 saturated carbocycles. The normalized spacial score (nSPS) is 24.5. The van der Waals surface area contributed by atoms with Crippen molar-refractivity contribution in [3.05, 3.63) is 29.3 Å². The van der Waals surface area contributed by atoms with Gasteiger partial charge < -0.3 is 30.6 Å². The Kier molecular flexibility index (Phi) is 9.56. The van der Waals surface area contributed by atoms with Crippen LogP contribution in [-0.4, -0.2) is 91.1 Å². The molecule has 1 aliphatic carbocycles. The van der Waals surface area contributed by atoms with Crippen LogP contribution in [-0.2, 0) is 46.4 Å². The number of hydrogen-bond acceptors (Lipinski definition) is 9. The Morgan fingerprint density at radius 3 is 2.55 bits per heavy atom. The number of ether oxygens (including phenoxy) is 3. The van der Waals surface area contributed by atoms with Crippen LogP contribution >= 0.6 is 0 Å². The summed E-state index contributed by atoms with van der Waals surface area (Å²) in [4.78, 5) is 68.1. The molecule has 240 valence electrons. The summed E-state index contributed by atoms with van der Waals surface area (Å²) in [5, 5.41) is 8.26. The zero-order chi connectivity index (χ0) is 31.5. The first-order valence-corrected chi connectivity index (χ1v) is 15.4. The van der Waals surface area contributed by atoms with Crippen molar-refractivity contribution in [1.82, 2.24) is 15.5 Å². The number of nitrogens with zero attached hydrogens (tertiary/aromatic N) is 1. The molecular formula is C31H43N5O8. The lowest BCUT2D eigenvalue weighted by atomic mass is 9.69. The third-order valence-electron chi connectivity index (χ3n) is 9.33. The van der Waals surface area contributed by atoms with Gasteiger partial charge in [0.15, 0.2) is 5.78 Å². The summed E-state index contributed by atoms with van der Waals surface area (Å²) in [5.41, 5.74) is 5.19. The fourth-order valence-electron chi connectivity index (χ4n) is 6.56. The van der Waals surface area contributed by atoms with E-state index in [0.29, 0.717) is 49.5 Å². The standard InChI is InChI=1S/C31H43N5O8/c1-19(33-25(37)16-36-9-11-42-12-10-36)27(39)35-31(28(32)40,15-21-7-8-24-22(13-21)17-43-29(41)34-24)23(14-20-5-3-4-6-20)26(38)30(2)18-44-30/h7-8,13,19-20,23H,3-6,9-12,14-18H2,1-2H3,(H2,32,40)(H,33,37)(H,34,41)(H,35,39)/t19-,23+,30+,31?/m0/s1. The van der Waals surface area contributed by atoms with Gasteiger partial charge in [-0.2, -0.15) is 0 Å². The number of benzene rings is 1. The highest BCUT2D eigenvalue weighted by molar-refractivity contribution is 6.01. The van der Waals surface area contributed by atoms with Crippen LogP contribution in [0.4, 0.5) is 10.5 Å². The first kappa shape index (κ1) is 31.9. The molecule has 4 aliphatic rings. The minimum absolute atomic E-state index is 0.0352. The van der Waals surface area contributed by atoms with E-state index >= 15 is 0 Å². The molecule has 0 spiro atoms. The number of amides is 4. The Hall–Kier alpha value is -3.55. The SMILES string of the molecule is C[C@H](NC(=O)CN1CCOCC1)C(=O)NC(Cc1ccc2c(c1)COC(=O)N2)(C(N)=O)[C@H](CC1CCCC1)C(=O)[C@@]1(C)CO1. The summed E-state index contributed by atoms with van der Waals surface area (Å²) in [6.07, 6.45) is 3.60. The van der Waals surface area contributed by atoms with Crippen molar-refractivity contribution < 1.29 is 38.2 Å². The van der Waals surface area contributed by atoms with Crippen molar-refractivity contribution in [2.45, 2.75) is 76.2 Å². The lowest BCUT2D eigenvalue weighted by Crippen LogP contribution is -2.68. The third-order valence-corrected chi connectivity index (χ3v) is 9.33. The molecule has 5 rings (SSSR count). The van der Waals surface area contributed by atoms with E-state index < -0.39 is 41.0 Å². The fourth-order valence-corrected chi connectivity index (χ4v) is 6.56. The number of anilines is 1. The molecule has 3 heterocycles. The zero-order valence-electron chi connectivity index (χ0n) is 25.4. The van der Waals surface area contributed by atoms with Crippen LogP contribution in [0.2, 0.25) is 0 Å². The highest BCUT2D eigenvalue weighted by atomic mass is 16.6. The quantitative estimate of drug-likeness (QED) is 0.236.